The summed E-state index contributed by atoms with van der Waals surface area (Å²) in [7, 11) is -1.18. The van der Waals surface area contributed by atoms with Crippen LogP contribution in [0, 0.1) is 0 Å². The molecule has 4 aliphatic carbocycles. The first-order valence-electron chi connectivity index (χ1n) is 19.5. The smallest absolute Gasteiger partial charge is 0.432 e. The van der Waals surface area contributed by atoms with E-state index in [-0.39, 0.29) is 16.8 Å². The monoisotopic (exact) mass is 707 g/mol. The SMILES string of the molecule is CC(C)N=C([N-]C(C)C)[PH+](C1CCCCC1)C1CCCCC1.CC(C)N=C([N-]C(C)C)[PH+](C1CCCCC1)C1CCCCC1.[Co+2]. The van der Waals surface area contributed by atoms with Crippen LogP contribution in [0.3, 0.4) is 0 Å². The molecule has 263 valence electrons. The Kier molecular flexibility index (Phi) is 21.1. The quantitative estimate of drug-likeness (QED) is 0.123. The van der Waals surface area contributed by atoms with Gasteiger partial charge in [-0.15, -0.1) is 0 Å². The molecule has 0 amide bonds. The third-order valence-corrected chi connectivity index (χ3v) is 17.6. The number of hydrogen-bond donors (Lipinski definition) is 0. The van der Waals surface area contributed by atoms with Gasteiger partial charge in [0.05, 0.1) is 33.8 Å². The second-order valence-electron chi connectivity index (χ2n) is 15.8. The average Bonchev–Trinajstić information content (AvgIpc) is 2.99. The summed E-state index contributed by atoms with van der Waals surface area (Å²) in [5.41, 5.74) is 6.44. The Morgan fingerprint density at radius 2 is 0.644 bits per heavy atom. The standard InChI is InChI=1S/2C19H36N2P.Co/c2*1-15(2)20-19(21-16(3)4)22(17-11-7-5-8-12-17)18-13-9-6-10-14-18;/h2*15-18H,5-14H2,1-4H3;/q2*-1;+2/p+2. The van der Waals surface area contributed by atoms with Gasteiger partial charge in [0.25, 0.3) is 0 Å². The summed E-state index contributed by atoms with van der Waals surface area (Å²) < 4.78 is 0. The van der Waals surface area contributed by atoms with Crippen molar-refractivity contribution < 1.29 is 16.8 Å². The zero-order valence-corrected chi connectivity index (χ0v) is 33.9. The topological polar surface area (TPSA) is 52.9 Å². The first kappa shape index (κ1) is 41.5. The van der Waals surface area contributed by atoms with E-state index in [2.05, 4.69) is 55.4 Å². The summed E-state index contributed by atoms with van der Waals surface area (Å²) in [6, 6.07) is 1.57. The molecule has 4 saturated carbocycles. The maximum Gasteiger partial charge on any atom is 2.00 e. The molecule has 0 spiro atoms. The van der Waals surface area contributed by atoms with Crippen molar-refractivity contribution in [1.29, 1.82) is 0 Å². The maximum absolute atomic E-state index is 5.06. The number of rotatable bonds is 10. The number of nitrogens with zero attached hydrogens (tertiary/aromatic N) is 4. The first-order valence-corrected chi connectivity index (χ1v) is 22.8. The zero-order chi connectivity index (χ0) is 31.9. The van der Waals surface area contributed by atoms with Crippen molar-refractivity contribution in [3.8, 4) is 0 Å². The molecule has 0 aromatic rings. The van der Waals surface area contributed by atoms with E-state index < -0.39 is 15.8 Å². The summed E-state index contributed by atoms with van der Waals surface area (Å²) in [5, 5.41) is 10.1. The fourth-order valence-electron chi connectivity index (χ4n) is 8.39. The Bertz CT molecular complexity index is 718. The van der Waals surface area contributed by atoms with Gasteiger partial charge in [-0.05, 0) is 127 Å². The first-order chi connectivity index (χ1) is 21.2. The molecule has 0 unspecified atom stereocenters. The number of aliphatic imine (C=N–C) groups is 2. The molecule has 4 fully saturated rings. The molecule has 0 bridgehead atoms. The van der Waals surface area contributed by atoms with E-state index >= 15 is 0 Å². The molecule has 1 radical (unpaired) electrons. The van der Waals surface area contributed by atoms with Crippen molar-refractivity contribution in [2.24, 2.45) is 9.98 Å². The second kappa shape index (κ2) is 22.8. The van der Waals surface area contributed by atoms with Crippen molar-refractivity contribution >= 4 is 27.0 Å². The summed E-state index contributed by atoms with van der Waals surface area (Å²) >= 11 is 0. The third kappa shape index (κ3) is 15.2. The van der Waals surface area contributed by atoms with E-state index in [4.69, 9.17) is 20.6 Å². The summed E-state index contributed by atoms with van der Waals surface area (Å²) in [6.07, 6.45) is 29.0. The minimum Gasteiger partial charge on any atom is -0.432 e. The van der Waals surface area contributed by atoms with Crippen LogP contribution in [0.15, 0.2) is 9.98 Å². The Hall–Kier alpha value is 0.306. The van der Waals surface area contributed by atoms with Crippen LogP contribution in [0.25, 0.3) is 10.6 Å². The van der Waals surface area contributed by atoms with E-state index in [1.54, 1.807) is 0 Å². The van der Waals surface area contributed by atoms with Gasteiger partial charge in [-0.2, -0.15) is 0 Å². The Morgan fingerprint density at radius 1 is 0.422 bits per heavy atom. The average molecular weight is 708 g/mol. The number of hydrogen-bond acceptors (Lipinski definition) is 2. The summed E-state index contributed by atoms with van der Waals surface area (Å²) in [5.74, 6) is 0. The predicted molar refractivity (Wildman–Crippen MR) is 206 cm³/mol. The molecule has 4 nitrogen and oxygen atoms in total. The molecule has 7 heteroatoms. The van der Waals surface area contributed by atoms with E-state index in [0.717, 1.165) is 22.6 Å². The molecule has 4 aliphatic rings. The maximum atomic E-state index is 5.06. The third-order valence-electron chi connectivity index (χ3n) is 10.2. The molecule has 0 saturated heterocycles. The Balaban J connectivity index is 0.000000307. The van der Waals surface area contributed by atoms with Gasteiger partial charge in [-0.25, -0.2) is 0 Å². The predicted octanol–water partition coefficient (Wildman–Crippen LogP) is 12.8. The normalized spacial score (nSPS) is 22.3. The van der Waals surface area contributed by atoms with E-state index in [1.807, 2.05) is 0 Å². The van der Waals surface area contributed by atoms with E-state index in [0.29, 0.717) is 24.2 Å². The minimum absolute atomic E-state index is 0. The zero-order valence-electron chi connectivity index (χ0n) is 30.9. The fraction of sp³-hybridized carbons (Fsp3) is 0.947. The van der Waals surface area contributed by atoms with Crippen LogP contribution in [-0.2, 0) is 16.8 Å². The van der Waals surface area contributed by atoms with Gasteiger partial charge in [0.2, 0.25) is 0 Å². The largest absolute Gasteiger partial charge is 2.00 e. The summed E-state index contributed by atoms with van der Waals surface area (Å²) in [4.78, 5) is 10.1. The molecule has 45 heavy (non-hydrogen) atoms. The molecule has 4 rings (SSSR count). The van der Waals surface area contributed by atoms with Crippen molar-refractivity contribution in [2.45, 2.75) is 231 Å². The van der Waals surface area contributed by atoms with Crippen LogP contribution >= 0.6 is 15.8 Å². The van der Waals surface area contributed by atoms with Gasteiger partial charge < -0.3 is 20.6 Å². The molecule has 0 aliphatic heterocycles. The molecular formula is C38H74CoN4P2+2. The van der Waals surface area contributed by atoms with Crippen molar-refractivity contribution in [1.82, 2.24) is 0 Å². The van der Waals surface area contributed by atoms with Gasteiger partial charge in [-0.3, -0.25) is 0 Å². The summed E-state index contributed by atoms with van der Waals surface area (Å²) in [6.45, 7) is 17.8. The Morgan fingerprint density at radius 3 is 0.822 bits per heavy atom. The van der Waals surface area contributed by atoms with Crippen LogP contribution in [0.1, 0.15) is 184 Å². The molecule has 0 aromatic heterocycles. The molecule has 0 atom stereocenters. The fourth-order valence-corrected chi connectivity index (χ4v) is 16.9. The molecule has 0 heterocycles. The number of amidine groups is 2. The van der Waals surface area contributed by atoms with Crippen LogP contribution in [0.4, 0.5) is 0 Å². The van der Waals surface area contributed by atoms with Gasteiger partial charge in [-0.1, -0.05) is 81.1 Å². The Labute approximate surface area is 293 Å². The van der Waals surface area contributed by atoms with Gasteiger partial charge in [0.1, 0.15) is 0 Å². The van der Waals surface area contributed by atoms with Crippen molar-refractivity contribution in [2.75, 3.05) is 0 Å². The second-order valence-corrected chi connectivity index (χ2v) is 21.8. The van der Waals surface area contributed by atoms with Crippen molar-refractivity contribution in [3.05, 3.63) is 10.6 Å². The minimum atomic E-state index is -0.591. The molecule has 0 aromatic carbocycles. The van der Waals surface area contributed by atoms with Gasteiger partial charge in [0, 0.05) is 15.8 Å². The van der Waals surface area contributed by atoms with Gasteiger partial charge >= 0.3 is 16.8 Å². The van der Waals surface area contributed by atoms with Crippen LogP contribution in [-0.4, -0.2) is 58.0 Å². The van der Waals surface area contributed by atoms with Crippen LogP contribution in [0.2, 0.25) is 0 Å². The van der Waals surface area contributed by atoms with Crippen LogP contribution < -0.4 is 0 Å². The van der Waals surface area contributed by atoms with E-state index in [9.17, 15) is 0 Å². The van der Waals surface area contributed by atoms with Gasteiger partial charge in [0.15, 0.2) is 0 Å². The molecule has 0 N–H and O–H groups in total. The molecular weight excluding hydrogens is 633 g/mol. The van der Waals surface area contributed by atoms with Crippen LogP contribution in [0.5, 0.6) is 0 Å². The van der Waals surface area contributed by atoms with E-state index in [1.165, 1.54) is 140 Å². The van der Waals surface area contributed by atoms with Crippen molar-refractivity contribution in [3.63, 3.8) is 0 Å².